The molecule has 0 unspecified atom stereocenters. The summed E-state index contributed by atoms with van der Waals surface area (Å²) < 4.78 is 0. The fourth-order valence-electron chi connectivity index (χ4n) is 1.54. The van der Waals surface area contributed by atoms with Crippen molar-refractivity contribution >= 4 is 17.2 Å². The Morgan fingerprint density at radius 2 is 2.28 bits per heavy atom. The number of aromatic nitrogens is 4. The maximum Gasteiger partial charge on any atom is 0.273 e. The number of carbonyl (C=O) groups excluding carboxylic acids is 1. The van der Waals surface area contributed by atoms with Crippen LogP contribution in [-0.2, 0) is 6.42 Å². The zero-order chi connectivity index (χ0) is 13.0. The van der Waals surface area contributed by atoms with E-state index in [0.717, 1.165) is 23.5 Å². The van der Waals surface area contributed by atoms with E-state index in [0.29, 0.717) is 17.9 Å². The third kappa shape index (κ3) is 3.13. The van der Waals surface area contributed by atoms with Crippen LogP contribution >= 0.6 is 11.3 Å². The van der Waals surface area contributed by atoms with E-state index in [9.17, 15) is 4.79 Å². The molecule has 96 valence electrons. The summed E-state index contributed by atoms with van der Waals surface area (Å²) in [7, 11) is 0. The maximum atomic E-state index is 11.7. The average molecular weight is 265 g/mol. The second kappa shape index (κ2) is 5.72. The van der Waals surface area contributed by atoms with Gasteiger partial charge < -0.3 is 5.32 Å². The number of hydrogen-bond acceptors (Lipinski definition) is 5. The average Bonchev–Trinajstić information content (AvgIpc) is 2.93. The van der Waals surface area contributed by atoms with E-state index in [-0.39, 0.29) is 5.91 Å². The molecule has 0 aliphatic heterocycles. The van der Waals surface area contributed by atoms with Gasteiger partial charge in [-0.15, -0.1) is 11.3 Å². The maximum absolute atomic E-state index is 11.7. The minimum Gasteiger partial charge on any atom is -0.351 e. The number of aromatic amines is 1. The normalized spacial score (nSPS) is 10.6. The number of H-pyrrole nitrogens is 1. The van der Waals surface area contributed by atoms with Crippen LogP contribution in [0.4, 0.5) is 0 Å². The summed E-state index contributed by atoms with van der Waals surface area (Å²) in [4.78, 5) is 16.1. The van der Waals surface area contributed by atoms with Crippen molar-refractivity contribution in [1.82, 2.24) is 25.7 Å². The quantitative estimate of drug-likeness (QED) is 0.797. The van der Waals surface area contributed by atoms with E-state index < -0.39 is 0 Å². The first kappa shape index (κ1) is 12.7. The van der Waals surface area contributed by atoms with Crippen molar-refractivity contribution in [2.24, 2.45) is 0 Å². The smallest absolute Gasteiger partial charge is 0.273 e. The first-order valence-corrected chi connectivity index (χ1v) is 6.61. The molecule has 2 aromatic heterocycles. The van der Waals surface area contributed by atoms with Gasteiger partial charge in [0.15, 0.2) is 5.69 Å². The molecule has 2 N–H and O–H groups in total. The highest BCUT2D eigenvalue weighted by molar-refractivity contribution is 7.09. The van der Waals surface area contributed by atoms with Crippen LogP contribution in [0.2, 0.25) is 0 Å². The van der Waals surface area contributed by atoms with Crippen LogP contribution in [-0.4, -0.2) is 32.8 Å². The number of aryl methyl sites for hydroxylation is 3. The SMILES string of the molecule is Cc1csc(CCCNC(=O)c2n[nH]nc2C)n1. The molecule has 0 aliphatic carbocycles. The van der Waals surface area contributed by atoms with Gasteiger partial charge in [-0.3, -0.25) is 4.79 Å². The molecule has 2 rings (SSSR count). The molecule has 7 heteroatoms. The lowest BCUT2D eigenvalue weighted by atomic mass is 10.3. The van der Waals surface area contributed by atoms with Gasteiger partial charge in [0.1, 0.15) is 0 Å². The number of carbonyl (C=O) groups is 1. The first-order chi connectivity index (χ1) is 8.66. The van der Waals surface area contributed by atoms with Crippen LogP contribution in [0.3, 0.4) is 0 Å². The lowest BCUT2D eigenvalue weighted by Crippen LogP contribution is -2.25. The van der Waals surface area contributed by atoms with Crippen LogP contribution in [0.5, 0.6) is 0 Å². The summed E-state index contributed by atoms with van der Waals surface area (Å²) in [5.74, 6) is -0.184. The third-order valence-corrected chi connectivity index (χ3v) is 3.48. The molecule has 18 heavy (non-hydrogen) atoms. The molecule has 0 fully saturated rings. The van der Waals surface area contributed by atoms with Crippen LogP contribution < -0.4 is 5.32 Å². The molecule has 1 amide bonds. The molecule has 2 aromatic rings. The van der Waals surface area contributed by atoms with Crippen LogP contribution in [0.1, 0.15) is 33.3 Å². The molecule has 0 radical (unpaired) electrons. The second-order valence-corrected chi connectivity index (χ2v) is 4.94. The number of nitrogens with zero attached hydrogens (tertiary/aromatic N) is 3. The van der Waals surface area contributed by atoms with Crippen LogP contribution in [0.15, 0.2) is 5.38 Å². The van der Waals surface area contributed by atoms with Gasteiger partial charge in [-0.1, -0.05) is 0 Å². The largest absolute Gasteiger partial charge is 0.351 e. The summed E-state index contributed by atoms with van der Waals surface area (Å²) in [6, 6.07) is 0. The number of amides is 1. The van der Waals surface area contributed by atoms with Crippen molar-refractivity contribution in [2.75, 3.05) is 6.54 Å². The van der Waals surface area contributed by atoms with Gasteiger partial charge in [0.25, 0.3) is 5.91 Å². The van der Waals surface area contributed by atoms with Gasteiger partial charge >= 0.3 is 0 Å². The van der Waals surface area contributed by atoms with Crippen LogP contribution in [0.25, 0.3) is 0 Å². The zero-order valence-electron chi connectivity index (χ0n) is 10.4. The molecule has 0 atom stereocenters. The third-order valence-electron chi connectivity index (χ3n) is 2.46. The van der Waals surface area contributed by atoms with Gasteiger partial charge in [0.05, 0.1) is 10.7 Å². The van der Waals surface area contributed by atoms with E-state index >= 15 is 0 Å². The van der Waals surface area contributed by atoms with Gasteiger partial charge in [0.2, 0.25) is 0 Å². The number of thiazole rings is 1. The lowest BCUT2D eigenvalue weighted by Gasteiger charge is -2.02. The number of rotatable bonds is 5. The molecule has 0 bridgehead atoms. The van der Waals surface area contributed by atoms with E-state index in [4.69, 9.17) is 0 Å². The second-order valence-electron chi connectivity index (χ2n) is 4.00. The van der Waals surface area contributed by atoms with E-state index in [1.807, 2.05) is 12.3 Å². The van der Waals surface area contributed by atoms with Crippen molar-refractivity contribution in [3.8, 4) is 0 Å². The highest BCUT2D eigenvalue weighted by Gasteiger charge is 2.12. The van der Waals surface area contributed by atoms with Gasteiger partial charge in [0, 0.05) is 24.0 Å². The summed E-state index contributed by atoms with van der Waals surface area (Å²) in [5, 5.41) is 16.0. The van der Waals surface area contributed by atoms with Crippen LogP contribution in [0, 0.1) is 13.8 Å². The Hall–Kier alpha value is -1.76. The highest BCUT2D eigenvalue weighted by Crippen LogP contribution is 2.10. The fraction of sp³-hybridized carbons (Fsp3) is 0.455. The predicted molar refractivity (Wildman–Crippen MR) is 68.6 cm³/mol. The summed E-state index contributed by atoms with van der Waals surface area (Å²) in [6.07, 6.45) is 1.76. The number of hydrogen-bond donors (Lipinski definition) is 2. The molecule has 0 saturated carbocycles. The molecular weight excluding hydrogens is 250 g/mol. The Morgan fingerprint density at radius 3 is 2.89 bits per heavy atom. The summed E-state index contributed by atoms with van der Waals surface area (Å²) in [6.45, 7) is 4.34. The van der Waals surface area contributed by atoms with Crippen molar-refractivity contribution in [2.45, 2.75) is 26.7 Å². The standard InChI is InChI=1S/C11H15N5OS/c1-7-6-18-9(13-7)4-3-5-12-11(17)10-8(2)14-16-15-10/h6H,3-5H2,1-2H3,(H,12,17)(H,14,15,16). The van der Waals surface area contributed by atoms with E-state index in [1.54, 1.807) is 18.3 Å². The van der Waals surface area contributed by atoms with Crippen molar-refractivity contribution < 1.29 is 4.79 Å². The minimum atomic E-state index is -0.184. The topological polar surface area (TPSA) is 83.6 Å². The molecule has 0 saturated heterocycles. The Balaban J connectivity index is 1.73. The Labute approximate surface area is 109 Å². The van der Waals surface area contributed by atoms with Crippen molar-refractivity contribution in [3.05, 3.63) is 27.5 Å². The fourth-order valence-corrected chi connectivity index (χ4v) is 2.36. The number of nitrogens with one attached hydrogen (secondary N) is 2. The van der Waals surface area contributed by atoms with Gasteiger partial charge in [-0.25, -0.2) is 4.98 Å². The monoisotopic (exact) mass is 265 g/mol. The minimum absolute atomic E-state index is 0.184. The van der Waals surface area contributed by atoms with Crippen molar-refractivity contribution in [1.29, 1.82) is 0 Å². The highest BCUT2D eigenvalue weighted by atomic mass is 32.1. The molecule has 0 aliphatic rings. The Kier molecular flexibility index (Phi) is 4.03. The molecule has 6 nitrogen and oxygen atoms in total. The predicted octanol–water partition coefficient (Wildman–Crippen LogP) is 1.24. The van der Waals surface area contributed by atoms with E-state index in [2.05, 4.69) is 25.7 Å². The molecule has 0 spiro atoms. The Morgan fingerprint density at radius 1 is 1.44 bits per heavy atom. The molecule has 0 aromatic carbocycles. The lowest BCUT2D eigenvalue weighted by molar-refractivity contribution is 0.0947. The molecular formula is C11H15N5OS. The Bertz CT molecular complexity index is 533. The van der Waals surface area contributed by atoms with E-state index in [1.165, 1.54) is 0 Å². The van der Waals surface area contributed by atoms with Crippen molar-refractivity contribution in [3.63, 3.8) is 0 Å². The first-order valence-electron chi connectivity index (χ1n) is 5.73. The zero-order valence-corrected chi connectivity index (χ0v) is 11.2. The summed E-state index contributed by atoms with van der Waals surface area (Å²) >= 11 is 1.66. The van der Waals surface area contributed by atoms with Gasteiger partial charge in [-0.2, -0.15) is 15.4 Å². The van der Waals surface area contributed by atoms with Gasteiger partial charge in [-0.05, 0) is 20.3 Å². The molecule has 2 heterocycles. The summed E-state index contributed by atoms with van der Waals surface area (Å²) in [5.41, 5.74) is 2.03.